The van der Waals surface area contributed by atoms with Gasteiger partial charge in [0, 0.05) is 19.6 Å². The lowest BCUT2D eigenvalue weighted by Crippen LogP contribution is -2.55. The van der Waals surface area contributed by atoms with Crippen LogP contribution in [0.3, 0.4) is 0 Å². The molecule has 2 heterocycles. The van der Waals surface area contributed by atoms with Crippen LogP contribution in [-0.4, -0.2) is 42.4 Å². The summed E-state index contributed by atoms with van der Waals surface area (Å²) in [6.45, 7) is 1.85. The summed E-state index contributed by atoms with van der Waals surface area (Å²) >= 11 is 0. The first kappa shape index (κ1) is 12.9. The normalized spacial score (nSPS) is 33.1. The van der Waals surface area contributed by atoms with Crippen molar-refractivity contribution in [3.8, 4) is 0 Å². The smallest absolute Gasteiger partial charge is 0.230 e. The van der Waals surface area contributed by atoms with Gasteiger partial charge in [0.15, 0.2) is 0 Å². The first-order valence-corrected chi connectivity index (χ1v) is 7.47. The Bertz CT molecular complexity index is 390. The van der Waals surface area contributed by atoms with Gasteiger partial charge < -0.3 is 16.0 Å². The Labute approximate surface area is 113 Å². The van der Waals surface area contributed by atoms with Crippen LogP contribution in [0.2, 0.25) is 0 Å². The summed E-state index contributed by atoms with van der Waals surface area (Å²) in [5.74, 6) is 0.336. The van der Waals surface area contributed by atoms with Gasteiger partial charge in [0.25, 0.3) is 0 Å². The van der Waals surface area contributed by atoms with Crippen LogP contribution in [-0.2, 0) is 9.59 Å². The van der Waals surface area contributed by atoms with Gasteiger partial charge in [-0.1, -0.05) is 12.8 Å². The van der Waals surface area contributed by atoms with Crippen molar-refractivity contribution in [1.29, 1.82) is 0 Å². The molecule has 5 nitrogen and oxygen atoms in total. The number of carbonyl (C=O) groups excluding carboxylic acids is 2. The minimum Gasteiger partial charge on any atom is -0.354 e. The predicted octanol–water partition coefficient (Wildman–Crippen LogP) is 0.242. The molecule has 0 radical (unpaired) electrons. The fraction of sp³-hybridized carbons (Fsp3) is 0.857. The van der Waals surface area contributed by atoms with Crippen LogP contribution in [0.5, 0.6) is 0 Å². The molecule has 0 bridgehead atoms. The highest BCUT2D eigenvalue weighted by atomic mass is 16.2. The van der Waals surface area contributed by atoms with Crippen LogP contribution in [0.25, 0.3) is 0 Å². The first-order valence-electron chi connectivity index (χ1n) is 7.47. The molecule has 3 rings (SSSR count). The van der Waals surface area contributed by atoms with Crippen molar-refractivity contribution < 1.29 is 9.59 Å². The molecule has 2 unspecified atom stereocenters. The topological polar surface area (TPSA) is 75.4 Å². The summed E-state index contributed by atoms with van der Waals surface area (Å²) in [7, 11) is 0. The first-order chi connectivity index (χ1) is 9.18. The number of amides is 2. The molecule has 0 spiro atoms. The summed E-state index contributed by atoms with van der Waals surface area (Å²) in [5, 5.41) is 2.90. The molecule has 3 N–H and O–H groups in total. The SMILES string of the molecule is NCC1(C(=O)N2CCCC3C(=O)NCC32)CCCC1. The maximum atomic E-state index is 12.9. The van der Waals surface area contributed by atoms with Gasteiger partial charge in [-0.25, -0.2) is 0 Å². The largest absolute Gasteiger partial charge is 0.354 e. The van der Waals surface area contributed by atoms with E-state index in [0.29, 0.717) is 13.1 Å². The van der Waals surface area contributed by atoms with Crippen molar-refractivity contribution in [1.82, 2.24) is 10.2 Å². The Kier molecular flexibility index (Phi) is 3.25. The Hall–Kier alpha value is -1.10. The molecule has 1 aliphatic carbocycles. The number of hydrogen-bond donors (Lipinski definition) is 2. The van der Waals surface area contributed by atoms with E-state index in [9.17, 15) is 9.59 Å². The minimum atomic E-state index is -0.340. The number of fused-ring (bicyclic) bond motifs is 1. The molecular weight excluding hydrogens is 242 g/mol. The number of nitrogens with zero attached hydrogens (tertiary/aromatic N) is 1. The number of rotatable bonds is 2. The average Bonchev–Trinajstić information content (AvgIpc) is 3.06. The molecule has 0 aromatic carbocycles. The number of piperidine rings is 1. The molecule has 19 heavy (non-hydrogen) atoms. The van der Waals surface area contributed by atoms with Crippen molar-refractivity contribution in [2.24, 2.45) is 17.1 Å². The Morgan fingerprint density at radius 3 is 2.79 bits per heavy atom. The molecule has 1 saturated carbocycles. The van der Waals surface area contributed by atoms with Crippen LogP contribution in [0.1, 0.15) is 38.5 Å². The van der Waals surface area contributed by atoms with Gasteiger partial charge in [0.2, 0.25) is 11.8 Å². The third kappa shape index (κ3) is 1.95. The lowest BCUT2D eigenvalue weighted by molar-refractivity contribution is -0.146. The van der Waals surface area contributed by atoms with Gasteiger partial charge in [0.1, 0.15) is 0 Å². The molecular formula is C14H23N3O2. The Balaban J connectivity index is 1.81. The second kappa shape index (κ2) is 4.78. The molecule has 5 heteroatoms. The van der Waals surface area contributed by atoms with E-state index < -0.39 is 0 Å². The van der Waals surface area contributed by atoms with Crippen molar-refractivity contribution in [3.63, 3.8) is 0 Å². The van der Waals surface area contributed by atoms with E-state index in [4.69, 9.17) is 5.73 Å². The molecule has 2 saturated heterocycles. The van der Waals surface area contributed by atoms with Crippen LogP contribution in [0, 0.1) is 11.3 Å². The second-order valence-electron chi connectivity index (χ2n) is 6.25. The zero-order valence-electron chi connectivity index (χ0n) is 11.4. The number of hydrogen-bond acceptors (Lipinski definition) is 3. The number of likely N-dealkylation sites (tertiary alicyclic amines) is 1. The average molecular weight is 265 g/mol. The van der Waals surface area contributed by atoms with Crippen molar-refractivity contribution in [2.75, 3.05) is 19.6 Å². The Morgan fingerprint density at radius 2 is 2.11 bits per heavy atom. The van der Waals surface area contributed by atoms with E-state index in [-0.39, 0.29) is 29.2 Å². The third-order valence-corrected chi connectivity index (χ3v) is 5.27. The van der Waals surface area contributed by atoms with Crippen molar-refractivity contribution in [2.45, 2.75) is 44.6 Å². The molecule has 2 amide bonds. The summed E-state index contributed by atoms with van der Waals surface area (Å²) < 4.78 is 0. The van der Waals surface area contributed by atoms with Crippen molar-refractivity contribution >= 4 is 11.8 Å². The summed E-state index contributed by atoms with van der Waals surface area (Å²) in [6.07, 6.45) is 5.87. The third-order valence-electron chi connectivity index (χ3n) is 5.27. The van der Waals surface area contributed by atoms with E-state index in [1.165, 1.54) is 0 Å². The minimum absolute atomic E-state index is 0.00827. The highest BCUT2D eigenvalue weighted by molar-refractivity contribution is 5.87. The van der Waals surface area contributed by atoms with E-state index >= 15 is 0 Å². The van der Waals surface area contributed by atoms with E-state index in [1.54, 1.807) is 0 Å². The zero-order chi connectivity index (χ0) is 13.5. The highest BCUT2D eigenvalue weighted by Gasteiger charge is 2.48. The summed E-state index contributed by atoms with van der Waals surface area (Å²) in [6, 6.07) is 0.0674. The number of carbonyl (C=O) groups is 2. The monoisotopic (exact) mass is 265 g/mol. The zero-order valence-corrected chi connectivity index (χ0v) is 11.4. The lowest BCUT2D eigenvalue weighted by Gasteiger charge is -2.41. The predicted molar refractivity (Wildman–Crippen MR) is 71.2 cm³/mol. The molecule has 2 aliphatic heterocycles. The lowest BCUT2D eigenvalue weighted by atomic mass is 9.82. The quantitative estimate of drug-likeness (QED) is 0.751. The number of nitrogens with two attached hydrogens (primary N) is 1. The van der Waals surface area contributed by atoms with E-state index in [0.717, 1.165) is 45.1 Å². The molecule has 0 aromatic rings. The van der Waals surface area contributed by atoms with Gasteiger partial charge >= 0.3 is 0 Å². The van der Waals surface area contributed by atoms with Gasteiger partial charge in [-0.15, -0.1) is 0 Å². The number of nitrogens with one attached hydrogen (secondary N) is 1. The van der Waals surface area contributed by atoms with Gasteiger partial charge in [-0.3, -0.25) is 9.59 Å². The molecule has 3 fully saturated rings. The fourth-order valence-corrected chi connectivity index (χ4v) is 4.07. The molecule has 106 valence electrons. The summed E-state index contributed by atoms with van der Waals surface area (Å²) in [5.41, 5.74) is 5.57. The fourth-order valence-electron chi connectivity index (χ4n) is 4.07. The standard InChI is InChI=1S/C14H23N3O2/c15-9-14(5-1-2-6-14)13(19)17-7-3-4-10-11(17)8-16-12(10)18/h10-11H,1-9,15H2,(H,16,18). The molecule has 2 atom stereocenters. The molecule has 0 aromatic heterocycles. The van der Waals surface area contributed by atoms with E-state index in [2.05, 4.69) is 5.32 Å². The second-order valence-corrected chi connectivity index (χ2v) is 6.25. The van der Waals surface area contributed by atoms with Crippen LogP contribution >= 0.6 is 0 Å². The van der Waals surface area contributed by atoms with Gasteiger partial charge in [-0.05, 0) is 25.7 Å². The van der Waals surface area contributed by atoms with Gasteiger partial charge in [0.05, 0.1) is 17.4 Å². The summed E-state index contributed by atoms with van der Waals surface area (Å²) in [4.78, 5) is 26.6. The molecule has 3 aliphatic rings. The van der Waals surface area contributed by atoms with E-state index in [1.807, 2.05) is 4.90 Å². The van der Waals surface area contributed by atoms with Crippen molar-refractivity contribution in [3.05, 3.63) is 0 Å². The maximum absolute atomic E-state index is 12.9. The van der Waals surface area contributed by atoms with Gasteiger partial charge in [-0.2, -0.15) is 0 Å². The highest BCUT2D eigenvalue weighted by Crippen LogP contribution is 2.41. The van der Waals surface area contributed by atoms with Crippen LogP contribution < -0.4 is 11.1 Å². The maximum Gasteiger partial charge on any atom is 0.230 e. The van der Waals surface area contributed by atoms with Crippen LogP contribution in [0.4, 0.5) is 0 Å². The van der Waals surface area contributed by atoms with Crippen LogP contribution in [0.15, 0.2) is 0 Å². The Morgan fingerprint density at radius 1 is 1.37 bits per heavy atom.